The first kappa shape index (κ1) is 8.97. The Hall–Kier alpha value is -0.120. The van der Waals surface area contributed by atoms with E-state index >= 15 is 0 Å². The SMILES string of the molecule is CON(C)CCC1CCCN1. The number of hydrogen-bond donors (Lipinski definition) is 1. The fourth-order valence-corrected chi connectivity index (χ4v) is 1.43. The van der Waals surface area contributed by atoms with Crippen molar-refractivity contribution in [1.29, 1.82) is 0 Å². The van der Waals surface area contributed by atoms with Crippen LogP contribution in [0.25, 0.3) is 0 Å². The average Bonchev–Trinajstić information content (AvgIpc) is 2.52. The van der Waals surface area contributed by atoms with Gasteiger partial charge in [-0.25, -0.2) is 0 Å². The second-order valence-electron chi connectivity index (χ2n) is 3.12. The standard InChI is InChI=1S/C8H18N2O/c1-10(11-2)7-5-8-4-3-6-9-8/h8-9H,3-7H2,1-2H3. The molecule has 0 radical (unpaired) electrons. The molecule has 1 saturated heterocycles. The van der Waals surface area contributed by atoms with Crippen molar-refractivity contribution < 1.29 is 4.84 Å². The lowest BCUT2D eigenvalue weighted by Crippen LogP contribution is -2.27. The van der Waals surface area contributed by atoms with E-state index in [0.717, 1.165) is 12.6 Å². The molecule has 1 heterocycles. The van der Waals surface area contributed by atoms with E-state index in [2.05, 4.69) is 5.32 Å². The molecule has 0 amide bonds. The summed E-state index contributed by atoms with van der Waals surface area (Å²) in [6, 6.07) is 0.729. The highest BCUT2D eigenvalue weighted by Crippen LogP contribution is 2.08. The monoisotopic (exact) mass is 158 g/mol. The van der Waals surface area contributed by atoms with Gasteiger partial charge in [0.1, 0.15) is 0 Å². The largest absolute Gasteiger partial charge is 0.314 e. The van der Waals surface area contributed by atoms with Gasteiger partial charge in [0.15, 0.2) is 0 Å². The van der Waals surface area contributed by atoms with Crippen LogP contribution in [0, 0.1) is 0 Å². The molecule has 1 N–H and O–H groups in total. The summed E-state index contributed by atoms with van der Waals surface area (Å²) in [7, 11) is 3.68. The van der Waals surface area contributed by atoms with Crippen molar-refractivity contribution in [2.45, 2.75) is 25.3 Å². The zero-order chi connectivity index (χ0) is 8.10. The predicted molar refractivity (Wildman–Crippen MR) is 45.3 cm³/mol. The first-order valence-electron chi connectivity index (χ1n) is 4.31. The quantitative estimate of drug-likeness (QED) is 0.607. The van der Waals surface area contributed by atoms with Crippen LogP contribution in [0.4, 0.5) is 0 Å². The molecule has 0 aromatic heterocycles. The third-order valence-corrected chi connectivity index (χ3v) is 2.27. The first-order valence-corrected chi connectivity index (χ1v) is 4.31. The second-order valence-corrected chi connectivity index (χ2v) is 3.12. The van der Waals surface area contributed by atoms with Crippen molar-refractivity contribution in [3.8, 4) is 0 Å². The summed E-state index contributed by atoms with van der Waals surface area (Å²) in [5.41, 5.74) is 0. The van der Waals surface area contributed by atoms with E-state index in [9.17, 15) is 0 Å². The molecule has 1 aliphatic rings. The Balaban J connectivity index is 2.01. The molecule has 3 nitrogen and oxygen atoms in total. The zero-order valence-electron chi connectivity index (χ0n) is 7.47. The van der Waals surface area contributed by atoms with Crippen molar-refractivity contribution in [2.24, 2.45) is 0 Å². The number of hydrogen-bond acceptors (Lipinski definition) is 3. The van der Waals surface area contributed by atoms with E-state index in [1.54, 1.807) is 7.11 Å². The summed E-state index contributed by atoms with van der Waals surface area (Å²) in [5, 5.41) is 5.33. The number of nitrogens with zero attached hydrogens (tertiary/aromatic N) is 1. The van der Waals surface area contributed by atoms with Gasteiger partial charge in [0.2, 0.25) is 0 Å². The maximum absolute atomic E-state index is 5.02. The minimum absolute atomic E-state index is 0.729. The third-order valence-electron chi connectivity index (χ3n) is 2.27. The smallest absolute Gasteiger partial charge is 0.0575 e. The Labute approximate surface area is 68.7 Å². The van der Waals surface area contributed by atoms with Crippen LogP contribution < -0.4 is 5.32 Å². The van der Waals surface area contributed by atoms with E-state index < -0.39 is 0 Å². The molecule has 0 saturated carbocycles. The first-order chi connectivity index (χ1) is 5.33. The van der Waals surface area contributed by atoms with E-state index in [4.69, 9.17) is 4.84 Å². The van der Waals surface area contributed by atoms with E-state index in [1.807, 2.05) is 12.1 Å². The van der Waals surface area contributed by atoms with E-state index in [-0.39, 0.29) is 0 Å². The van der Waals surface area contributed by atoms with Crippen LogP contribution in [0.5, 0.6) is 0 Å². The number of hydroxylamine groups is 2. The van der Waals surface area contributed by atoms with Gasteiger partial charge in [-0.3, -0.25) is 0 Å². The lowest BCUT2D eigenvalue weighted by molar-refractivity contribution is -0.110. The highest BCUT2D eigenvalue weighted by atomic mass is 16.7. The molecule has 1 unspecified atom stereocenters. The van der Waals surface area contributed by atoms with E-state index in [1.165, 1.54) is 25.8 Å². The fourth-order valence-electron chi connectivity index (χ4n) is 1.43. The minimum Gasteiger partial charge on any atom is -0.314 e. The Morgan fingerprint density at radius 2 is 2.45 bits per heavy atom. The molecule has 0 spiro atoms. The van der Waals surface area contributed by atoms with Crippen LogP contribution in [0.2, 0.25) is 0 Å². The molecule has 1 rings (SSSR count). The molecule has 66 valence electrons. The molecule has 0 aromatic rings. The molecule has 0 aliphatic carbocycles. The van der Waals surface area contributed by atoms with E-state index in [0.29, 0.717) is 0 Å². The van der Waals surface area contributed by atoms with Gasteiger partial charge in [0.25, 0.3) is 0 Å². The van der Waals surface area contributed by atoms with Crippen LogP contribution in [-0.4, -0.2) is 38.4 Å². The summed E-state index contributed by atoms with van der Waals surface area (Å²) in [6.45, 7) is 2.22. The maximum atomic E-state index is 5.02. The Morgan fingerprint density at radius 3 is 3.00 bits per heavy atom. The Kier molecular flexibility index (Phi) is 3.83. The van der Waals surface area contributed by atoms with Crippen LogP contribution in [0.15, 0.2) is 0 Å². The van der Waals surface area contributed by atoms with Crippen LogP contribution in [0.3, 0.4) is 0 Å². The summed E-state index contributed by atoms with van der Waals surface area (Å²) >= 11 is 0. The predicted octanol–water partition coefficient (Wildman–Crippen LogP) is 0.622. The molecule has 11 heavy (non-hydrogen) atoms. The van der Waals surface area contributed by atoms with Gasteiger partial charge >= 0.3 is 0 Å². The second kappa shape index (κ2) is 4.70. The topological polar surface area (TPSA) is 24.5 Å². The van der Waals surface area contributed by atoms with Crippen molar-refractivity contribution in [3.63, 3.8) is 0 Å². The highest BCUT2D eigenvalue weighted by Gasteiger charge is 2.13. The van der Waals surface area contributed by atoms with Gasteiger partial charge < -0.3 is 10.2 Å². The molecule has 1 atom stereocenters. The van der Waals surface area contributed by atoms with Gasteiger partial charge in [-0.15, -0.1) is 0 Å². The Morgan fingerprint density at radius 1 is 1.64 bits per heavy atom. The third kappa shape index (κ3) is 3.18. The summed E-state index contributed by atoms with van der Waals surface area (Å²) < 4.78 is 0. The fraction of sp³-hybridized carbons (Fsp3) is 1.00. The zero-order valence-corrected chi connectivity index (χ0v) is 7.47. The van der Waals surface area contributed by atoms with Gasteiger partial charge in [0, 0.05) is 19.6 Å². The molecule has 0 bridgehead atoms. The highest BCUT2D eigenvalue weighted by molar-refractivity contribution is 4.74. The molecular weight excluding hydrogens is 140 g/mol. The van der Waals surface area contributed by atoms with Crippen molar-refractivity contribution in [3.05, 3.63) is 0 Å². The normalized spacial score (nSPS) is 24.8. The van der Waals surface area contributed by atoms with Gasteiger partial charge in [-0.2, -0.15) is 5.06 Å². The molecular formula is C8H18N2O. The van der Waals surface area contributed by atoms with Crippen LogP contribution in [0.1, 0.15) is 19.3 Å². The lowest BCUT2D eigenvalue weighted by atomic mass is 10.1. The van der Waals surface area contributed by atoms with Crippen molar-refractivity contribution >= 4 is 0 Å². The Bertz CT molecular complexity index is 102. The van der Waals surface area contributed by atoms with Crippen molar-refractivity contribution in [1.82, 2.24) is 10.4 Å². The minimum atomic E-state index is 0.729. The van der Waals surface area contributed by atoms with Gasteiger partial charge in [-0.1, -0.05) is 0 Å². The molecule has 1 aliphatic heterocycles. The summed E-state index contributed by atoms with van der Waals surface area (Å²) in [4.78, 5) is 5.02. The van der Waals surface area contributed by atoms with Crippen LogP contribution >= 0.6 is 0 Å². The molecule has 3 heteroatoms. The molecule has 1 fully saturated rings. The number of rotatable bonds is 4. The van der Waals surface area contributed by atoms with Gasteiger partial charge in [0.05, 0.1) is 7.11 Å². The molecule has 0 aromatic carbocycles. The lowest BCUT2D eigenvalue weighted by Gasteiger charge is -2.16. The maximum Gasteiger partial charge on any atom is 0.0575 e. The average molecular weight is 158 g/mol. The number of nitrogens with one attached hydrogen (secondary N) is 1. The van der Waals surface area contributed by atoms with Crippen molar-refractivity contribution in [2.75, 3.05) is 27.2 Å². The van der Waals surface area contributed by atoms with Gasteiger partial charge in [-0.05, 0) is 25.8 Å². The summed E-state index contributed by atoms with van der Waals surface area (Å²) in [6.07, 6.45) is 3.86. The van der Waals surface area contributed by atoms with Crippen LogP contribution in [-0.2, 0) is 4.84 Å². The summed E-state index contributed by atoms with van der Waals surface area (Å²) in [5.74, 6) is 0.